The average Bonchev–Trinajstić information content (AvgIpc) is 3.09. The Morgan fingerprint density at radius 3 is 2.83 bits per heavy atom. The predicted octanol–water partition coefficient (Wildman–Crippen LogP) is 3.31. The number of nitrogens with one attached hydrogen (secondary N) is 1. The van der Waals surface area contributed by atoms with Crippen molar-refractivity contribution in [1.29, 1.82) is 0 Å². The van der Waals surface area contributed by atoms with E-state index < -0.39 is 0 Å². The fourth-order valence-corrected chi connectivity index (χ4v) is 2.95. The fourth-order valence-electron chi connectivity index (χ4n) is 2.12. The molecule has 23 heavy (non-hydrogen) atoms. The molecule has 2 aromatic heterocycles. The average molecular weight is 324 g/mol. The SMILES string of the molecule is Cc1ccccc1SCC(=O)Nc1cccnc1-n1cccn1. The standard InChI is InChI=1S/C17H16N4OS/c1-13-6-2-3-8-15(13)23-12-16(22)20-14-7-4-9-18-17(14)21-11-5-10-19-21/h2-11H,12H2,1H3,(H,20,22). The number of aryl methyl sites for hydroxylation is 1. The number of aromatic nitrogens is 3. The van der Waals surface area contributed by atoms with E-state index in [1.807, 2.05) is 43.3 Å². The Kier molecular flexibility index (Phi) is 4.73. The van der Waals surface area contributed by atoms with Gasteiger partial charge >= 0.3 is 0 Å². The molecule has 6 heteroatoms. The normalized spacial score (nSPS) is 10.5. The van der Waals surface area contributed by atoms with Crippen LogP contribution in [0.3, 0.4) is 0 Å². The number of hydrogen-bond acceptors (Lipinski definition) is 4. The molecule has 2 heterocycles. The molecule has 0 aliphatic heterocycles. The van der Waals surface area contributed by atoms with Gasteiger partial charge in [-0.1, -0.05) is 18.2 Å². The Balaban J connectivity index is 1.68. The van der Waals surface area contributed by atoms with E-state index in [2.05, 4.69) is 15.4 Å². The summed E-state index contributed by atoms with van der Waals surface area (Å²) in [4.78, 5) is 17.6. The lowest BCUT2D eigenvalue weighted by Crippen LogP contribution is -2.16. The molecular weight excluding hydrogens is 308 g/mol. The van der Waals surface area contributed by atoms with Gasteiger partial charge in [-0.05, 0) is 36.8 Å². The number of nitrogens with zero attached hydrogens (tertiary/aromatic N) is 3. The molecule has 1 N–H and O–H groups in total. The topological polar surface area (TPSA) is 59.8 Å². The van der Waals surface area contributed by atoms with Crippen LogP contribution in [0.4, 0.5) is 5.69 Å². The number of rotatable bonds is 5. The number of carbonyl (C=O) groups excluding carboxylic acids is 1. The first kappa shape index (κ1) is 15.3. The fraction of sp³-hybridized carbons (Fsp3) is 0.118. The Labute approximate surface area is 138 Å². The van der Waals surface area contributed by atoms with Crippen LogP contribution >= 0.6 is 11.8 Å². The van der Waals surface area contributed by atoms with Crippen LogP contribution in [0.2, 0.25) is 0 Å². The zero-order valence-electron chi connectivity index (χ0n) is 12.6. The molecule has 3 rings (SSSR count). The van der Waals surface area contributed by atoms with Crippen molar-refractivity contribution in [2.45, 2.75) is 11.8 Å². The third-order valence-corrected chi connectivity index (χ3v) is 4.41. The first-order valence-electron chi connectivity index (χ1n) is 7.17. The summed E-state index contributed by atoms with van der Waals surface area (Å²) in [7, 11) is 0. The van der Waals surface area contributed by atoms with E-state index in [9.17, 15) is 4.79 Å². The molecule has 0 atom stereocenters. The van der Waals surface area contributed by atoms with E-state index in [-0.39, 0.29) is 5.91 Å². The zero-order chi connectivity index (χ0) is 16.1. The summed E-state index contributed by atoms with van der Waals surface area (Å²) in [6.07, 6.45) is 5.14. The molecule has 0 bridgehead atoms. The molecule has 0 radical (unpaired) electrons. The molecule has 1 aromatic carbocycles. The highest BCUT2D eigenvalue weighted by Crippen LogP contribution is 2.22. The first-order valence-corrected chi connectivity index (χ1v) is 8.16. The molecule has 0 saturated carbocycles. The third kappa shape index (κ3) is 3.78. The van der Waals surface area contributed by atoms with Gasteiger partial charge in [0.15, 0.2) is 5.82 Å². The van der Waals surface area contributed by atoms with E-state index >= 15 is 0 Å². The van der Waals surface area contributed by atoms with Crippen LogP contribution in [0, 0.1) is 6.92 Å². The van der Waals surface area contributed by atoms with Crippen molar-refractivity contribution in [3.05, 3.63) is 66.6 Å². The largest absolute Gasteiger partial charge is 0.322 e. The Hall–Kier alpha value is -2.60. The lowest BCUT2D eigenvalue weighted by molar-refractivity contribution is -0.113. The molecule has 0 fully saturated rings. The van der Waals surface area contributed by atoms with Crippen LogP contribution in [-0.4, -0.2) is 26.4 Å². The summed E-state index contributed by atoms with van der Waals surface area (Å²) in [5, 5.41) is 7.06. The van der Waals surface area contributed by atoms with Crippen LogP contribution in [-0.2, 0) is 4.79 Å². The highest BCUT2D eigenvalue weighted by molar-refractivity contribution is 8.00. The molecule has 0 saturated heterocycles. The van der Waals surface area contributed by atoms with Gasteiger partial charge in [0.2, 0.25) is 5.91 Å². The number of pyridine rings is 1. The molecule has 0 aliphatic carbocycles. The van der Waals surface area contributed by atoms with E-state index in [1.165, 1.54) is 17.3 Å². The van der Waals surface area contributed by atoms with Gasteiger partial charge in [0, 0.05) is 23.5 Å². The summed E-state index contributed by atoms with van der Waals surface area (Å²) in [5.41, 5.74) is 1.82. The van der Waals surface area contributed by atoms with Crippen LogP contribution in [0.5, 0.6) is 0 Å². The monoisotopic (exact) mass is 324 g/mol. The van der Waals surface area contributed by atoms with Gasteiger partial charge in [-0.3, -0.25) is 4.79 Å². The van der Waals surface area contributed by atoms with Crippen molar-refractivity contribution in [2.24, 2.45) is 0 Å². The van der Waals surface area contributed by atoms with Crippen LogP contribution < -0.4 is 5.32 Å². The summed E-state index contributed by atoms with van der Waals surface area (Å²) in [6.45, 7) is 2.04. The maximum atomic E-state index is 12.2. The maximum absolute atomic E-state index is 12.2. The van der Waals surface area contributed by atoms with Crippen molar-refractivity contribution in [3.8, 4) is 5.82 Å². The molecule has 5 nitrogen and oxygen atoms in total. The van der Waals surface area contributed by atoms with Gasteiger partial charge in [-0.15, -0.1) is 11.8 Å². The van der Waals surface area contributed by atoms with Gasteiger partial charge in [-0.25, -0.2) is 9.67 Å². The number of thioether (sulfide) groups is 1. The molecule has 0 spiro atoms. The summed E-state index contributed by atoms with van der Waals surface area (Å²) in [6, 6.07) is 13.4. The first-order chi connectivity index (χ1) is 11.2. The van der Waals surface area contributed by atoms with Crippen molar-refractivity contribution < 1.29 is 4.79 Å². The van der Waals surface area contributed by atoms with Gasteiger partial charge in [-0.2, -0.15) is 5.10 Å². The lowest BCUT2D eigenvalue weighted by atomic mass is 10.2. The Bertz CT molecular complexity index is 802. The Morgan fingerprint density at radius 1 is 1.17 bits per heavy atom. The van der Waals surface area contributed by atoms with Gasteiger partial charge in [0.05, 0.1) is 11.4 Å². The van der Waals surface area contributed by atoms with Crippen molar-refractivity contribution in [1.82, 2.24) is 14.8 Å². The summed E-state index contributed by atoms with van der Waals surface area (Å²) < 4.78 is 1.63. The van der Waals surface area contributed by atoms with Gasteiger partial charge in [0.1, 0.15) is 0 Å². The minimum atomic E-state index is -0.0698. The van der Waals surface area contributed by atoms with E-state index in [4.69, 9.17) is 0 Å². The second kappa shape index (κ2) is 7.11. The minimum absolute atomic E-state index is 0.0698. The van der Waals surface area contributed by atoms with E-state index in [0.29, 0.717) is 17.3 Å². The summed E-state index contributed by atoms with van der Waals surface area (Å²) >= 11 is 1.52. The van der Waals surface area contributed by atoms with Crippen LogP contribution in [0.1, 0.15) is 5.56 Å². The molecule has 1 amide bonds. The molecular formula is C17H16N4OS. The van der Waals surface area contributed by atoms with Crippen molar-refractivity contribution in [2.75, 3.05) is 11.1 Å². The number of anilines is 1. The zero-order valence-corrected chi connectivity index (χ0v) is 13.5. The highest BCUT2D eigenvalue weighted by Gasteiger charge is 2.10. The predicted molar refractivity (Wildman–Crippen MR) is 91.9 cm³/mol. The second-order valence-electron chi connectivity index (χ2n) is 4.93. The third-order valence-electron chi connectivity index (χ3n) is 3.23. The number of benzene rings is 1. The number of hydrogen-bond donors (Lipinski definition) is 1. The molecule has 3 aromatic rings. The van der Waals surface area contributed by atoms with Gasteiger partial charge < -0.3 is 5.32 Å². The summed E-state index contributed by atoms with van der Waals surface area (Å²) in [5.74, 6) is 0.879. The number of amides is 1. The lowest BCUT2D eigenvalue weighted by Gasteiger charge is -2.10. The second-order valence-corrected chi connectivity index (χ2v) is 5.94. The quantitative estimate of drug-likeness (QED) is 0.732. The molecule has 0 aliphatic rings. The maximum Gasteiger partial charge on any atom is 0.234 e. The smallest absolute Gasteiger partial charge is 0.234 e. The van der Waals surface area contributed by atoms with Crippen molar-refractivity contribution >= 4 is 23.4 Å². The minimum Gasteiger partial charge on any atom is -0.322 e. The van der Waals surface area contributed by atoms with Crippen LogP contribution in [0.25, 0.3) is 5.82 Å². The molecule has 116 valence electrons. The van der Waals surface area contributed by atoms with E-state index in [1.54, 1.807) is 29.3 Å². The van der Waals surface area contributed by atoms with Crippen molar-refractivity contribution in [3.63, 3.8) is 0 Å². The van der Waals surface area contributed by atoms with E-state index in [0.717, 1.165) is 4.90 Å². The number of carbonyl (C=O) groups is 1. The van der Waals surface area contributed by atoms with Gasteiger partial charge in [0.25, 0.3) is 0 Å². The molecule has 0 unspecified atom stereocenters. The van der Waals surface area contributed by atoms with Crippen LogP contribution in [0.15, 0.2) is 66.0 Å². The highest BCUT2D eigenvalue weighted by atomic mass is 32.2. The Morgan fingerprint density at radius 2 is 2.04 bits per heavy atom.